The molecule has 0 aromatic heterocycles. The first-order chi connectivity index (χ1) is 10.9. The lowest BCUT2D eigenvalue weighted by atomic mass is 10.2. The maximum Gasteiger partial charge on any atom is 0.271 e. The maximum atomic E-state index is 12.2. The standard InChI is InChI=1S/C14H9ClIN3O3S/c15-12-5-4-8(16)6-11(12)13(20)18-14(23)17-9-2-1-3-10(7-9)19(21)22/h1-7H,(H2,17,18,20,23). The number of amides is 1. The minimum Gasteiger partial charge on any atom is -0.332 e. The van der Waals surface area contributed by atoms with Crippen molar-refractivity contribution in [2.45, 2.75) is 0 Å². The lowest BCUT2D eigenvalue weighted by molar-refractivity contribution is -0.384. The molecule has 2 N–H and O–H groups in total. The number of carbonyl (C=O) groups excluding carboxylic acids is 1. The molecular formula is C14H9ClIN3O3S. The summed E-state index contributed by atoms with van der Waals surface area (Å²) >= 11 is 13.1. The molecule has 0 aliphatic carbocycles. The highest BCUT2D eigenvalue weighted by Gasteiger charge is 2.13. The first-order valence-corrected chi connectivity index (χ1v) is 8.05. The van der Waals surface area contributed by atoms with Gasteiger partial charge in [-0.25, -0.2) is 0 Å². The summed E-state index contributed by atoms with van der Waals surface area (Å²) < 4.78 is 0.856. The van der Waals surface area contributed by atoms with Crippen LogP contribution in [0.15, 0.2) is 42.5 Å². The van der Waals surface area contributed by atoms with Gasteiger partial charge in [0.2, 0.25) is 0 Å². The largest absolute Gasteiger partial charge is 0.332 e. The second kappa shape index (κ2) is 7.66. The first-order valence-electron chi connectivity index (χ1n) is 6.18. The van der Waals surface area contributed by atoms with Crippen LogP contribution in [0.4, 0.5) is 11.4 Å². The molecular weight excluding hydrogens is 453 g/mol. The van der Waals surface area contributed by atoms with Gasteiger partial charge in [-0.3, -0.25) is 20.2 Å². The maximum absolute atomic E-state index is 12.2. The van der Waals surface area contributed by atoms with Crippen molar-refractivity contribution < 1.29 is 9.72 Å². The number of halogens is 2. The van der Waals surface area contributed by atoms with Crippen molar-refractivity contribution >= 4 is 68.8 Å². The minimum absolute atomic E-state index is 0.0189. The van der Waals surface area contributed by atoms with Gasteiger partial charge in [0.1, 0.15) is 0 Å². The van der Waals surface area contributed by atoms with Crippen LogP contribution >= 0.6 is 46.4 Å². The Kier molecular flexibility index (Phi) is 5.85. The van der Waals surface area contributed by atoms with Crippen molar-refractivity contribution in [1.82, 2.24) is 5.32 Å². The summed E-state index contributed by atoms with van der Waals surface area (Å²) in [5.74, 6) is -0.462. The zero-order valence-corrected chi connectivity index (χ0v) is 15.1. The van der Waals surface area contributed by atoms with Crippen molar-refractivity contribution in [3.8, 4) is 0 Å². The number of non-ortho nitro benzene ring substituents is 1. The second-order valence-electron chi connectivity index (χ2n) is 4.34. The van der Waals surface area contributed by atoms with Gasteiger partial charge in [0, 0.05) is 21.4 Å². The number of benzene rings is 2. The predicted molar refractivity (Wildman–Crippen MR) is 101 cm³/mol. The van der Waals surface area contributed by atoms with Crippen LogP contribution < -0.4 is 10.6 Å². The Bertz CT molecular complexity index is 801. The number of anilines is 1. The predicted octanol–water partition coefficient (Wildman–Crippen LogP) is 3.98. The highest BCUT2D eigenvalue weighted by Crippen LogP contribution is 2.19. The number of hydrogen-bond acceptors (Lipinski definition) is 4. The Hall–Kier alpha value is -1.78. The van der Waals surface area contributed by atoms with E-state index in [2.05, 4.69) is 33.2 Å². The molecule has 0 unspecified atom stereocenters. The molecule has 1 amide bonds. The molecule has 0 fully saturated rings. The van der Waals surface area contributed by atoms with E-state index in [9.17, 15) is 14.9 Å². The molecule has 0 spiro atoms. The zero-order chi connectivity index (χ0) is 17.0. The van der Waals surface area contributed by atoms with Gasteiger partial charge in [0.25, 0.3) is 11.6 Å². The van der Waals surface area contributed by atoms with Gasteiger partial charge >= 0.3 is 0 Å². The van der Waals surface area contributed by atoms with Crippen molar-refractivity contribution in [2.75, 3.05) is 5.32 Å². The number of carbonyl (C=O) groups is 1. The van der Waals surface area contributed by atoms with Crippen LogP contribution in [-0.4, -0.2) is 15.9 Å². The van der Waals surface area contributed by atoms with E-state index in [0.717, 1.165) is 3.57 Å². The van der Waals surface area contributed by atoms with E-state index < -0.39 is 10.8 Å². The van der Waals surface area contributed by atoms with Crippen LogP contribution in [0.2, 0.25) is 5.02 Å². The molecule has 9 heteroatoms. The molecule has 0 heterocycles. The van der Waals surface area contributed by atoms with Gasteiger partial charge in [-0.2, -0.15) is 0 Å². The van der Waals surface area contributed by atoms with E-state index in [1.54, 1.807) is 24.3 Å². The number of nitro benzene ring substituents is 1. The summed E-state index contributed by atoms with van der Waals surface area (Å²) in [5, 5.41) is 16.3. The second-order valence-corrected chi connectivity index (χ2v) is 6.40. The first kappa shape index (κ1) is 17.6. The quantitative estimate of drug-likeness (QED) is 0.313. The van der Waals surface area contributed by atoms with E-state index in [1.807, 2.05) is 0 Å². The summed E-state index contributed by atoms with van der Waals surface area (Å²) in [4.78, 5) is 22.4. The number of nitrogens with zero attached hydrogens (tertiary/aromatic N) is 1. The zero-order valence-electron chi connectivity index (χ0n) is 11.4. The third-order valence-electron chi connectivity index (χ3n) is 2.71. The summed E-state index contributed by atoms with van der Waals surface area (Å²) in [6, 6.07) is 10.8. The molecule has 0 radical (unpaired) electrons. The number of nitro groups is 1. The fourth-order valence-corrected chi connectivity index (χ4v) is 2.61. The molecule has 0 bridgehead atoms. The van der Waals surface area contributed by atoms with E-state index in [-0.39, 0.29) is 10.8 Å². The van der Waals surface area contributed by atoms with Crippen LogP contribution in [0.25, 0.3) is 0 Å². The lowest BCUT2D eigenvalue weighted by Crippen LogP contribution is -2.34. The Balaban J connectivity index is 2.07. The average molecular weight is 462 g/mol. The Morgan fingerprint density at radius 1 is 1.26 bits per heavy atom. The van der Waals surface area contributed by atoms with Crippen molar-refractivity contribution in [2.24, 2.45) is 0 Å². The van der Waals surface area contributed by atoms with Gasteiger partial charge in [-0.15, -0.1) is 0 Å². The molecule has 2 aromatic rings. The van der Waals surface area contributed by atoms with Crippen LogP contribution in [0, 0.1) is 13.7 Å². The van der Waals surface area contributed by atoms with Gasteiger partial charge in [-0.05, 0) is 59.1 Å². The van der Waals surface area contributed by atoms with Crippen LogP contribution in [0.1, 0.15) is 10.4 Å². The van der Waals surface area contributed by atoms with E-state index in [0.29, 0.717) is 16.3 Å². The number of thiocarbonyl (C=S) groups is 1. The molecule has 0 aliphatic heterocycles. The average Bonchev–Trinajstić information content (AvgIpc) is 2.49. The van der Waals surface area contributed by atoms with E-state index >= 15 is 0 Å². The van der Waals surface area contributed by atoms with Crippen LogP contribution in [-0.2, 0) is 0 Å². The van der Waals surface area contributed by atoms with E-state index in [1.165, 1.54) is 18.2 Å². The summed E-state index contributed by atoms with van der Waals surface area (Å²) in [7, 11) is 0. The molecule has 0 saturated heterocycles. The van der Waals surface area contributed by atoms with Gasteiger partial charge in [-0.1, -0.05) is 17.7 Å². The molecule has 6 nitrogen and oxygen atoms in total. The molecule has 0 saturated carbocycles. The van der Waals surface area contributed by atoms with Gasteiger partial charge in [0.15, 0.2) is 5.11 Å². The third-order valence-corrected chi connectivity index (χ3v) is 3.92. The molecule has 0 atom stereocenters. The van der Waals surface area contributed by atoms with Crippen molar-refractivity contribution in [1.29, 1.82) is 0 Å². The summed E-state index contributed by atoms with van der Waals surface area (Å²) in [6.45, 7) is 0. The summed E-state index contributed by atoms with van der Waals surface area (Å²) in [6.07, 6.45) is 0. The fourth-order valence-electron chi connectivity index (χ4n) is 1.70. The monoisotopic (exact) mass is 461 g/mol. The van der Waals surface area contributed by atoms with E-state index in [4.69, 9.17) is 23.8 Å². The van der Waals surface area contributed by atoms with Crippen LogP contribution in [0.3, 0.4) is 0 Å². The highest BCUT2D eigenvalue weighted by molar-refractivity contribution is 14.1. The smallest absolute Gasteiger partial charge is 0.271 e. The molecule has 2 rings (SSSR count). The molecule has 0 aliphatic rings. The third kappa shape index (κ3) is 4.85. The topological polar surface area (TPSA) is 84.3 Å². The minimum atomic E-state index is -0.515. The Labute approximate surface area is 155 Å². The highest BCUT2D eigenvalue weighted by atomic mass is 127. The summed E-state index contributed by atoms with van der Waals surface area (Å²) in [5.41, 5.74) is 0.616. The van der Waals surface area contributed by atoms with Crippen molar-refractivity contribution in [3.63, 3.8) is 0 Å². The molecule has 118 valence electrons. The molecule has 2 aromatic carbocycles. The Morgan fingerprint density at radius 3 is 2.70 bits per heavy atom. The fraction of sp³-hybridized carbons (Fsp3) is 0. The number of hydrogen-bond donors (Lipinski definition) is 2. The van der Waals surface area contributed by atoms with Gasteiger partial charge < -0.3 is 5.32 Å². The normalized spacial score (nSPS) is 10.0. The Morgan fingerprint density at radius 2 is 2.00 bits per heavy atom. The van der Waals surface area contributed by atoms with Crippen LogP contribution in [0.5, 0.6) is 0 Å². The van der Waals surface area contributed by atoms with Crippen molar-refractivity contribution in [3.05, 3.63) is 66.7 Å². The molecule has 23 heavy (non-hydrogen) atoms. The lowest BCUT2D eigenvalue weighted by Gasteiger charge is -2.10. The van der Waals surface area contributed by atoms with Gasteiger partial charge in [0.05, 0.1) is 15.5 Å². The SMILES string of the molecule is O=C(NC(=S)Nc1cccc([N+](=O)[O-])c1)c1cc(I)ccc1Cl. The number of nitrogens with one attached hydrogen (secondary N) is 2. The number of rotatable bonds is 3.